The van der Waals surface area contributed by atoms with E-state index in [1.54, 1.807) is 31.7 Å². The van der Waals surface area contributed by atoms with Gasteiger partial charge in [0.1, 0.15) is 29.3 Å². The third-order valence-corrected chi connectivity index (χ3v) is 12.3. The van der Waals surface area contributed by atoms with Gasteiger partial charge in [-0.1, -0.05) is 61.7 Å². The fourth-order valence-electron chi connectivity index (χ4n) is 7.67. The first-order valence-corrected chi connectivity index (χ1v) is 21.0. The van der Waals surface area contributed by atoms with Crippen LogP contribution in [-0.2, 0) is 53.4 Å². The molecule has 2 fully saturated rings. The summed E-state index contributed by atoms with van der Waals surface area (Å²) in [7, 11) is -4.35. The van der Waals surface area contributed by atoms with Gasteiger partial charge in [-0.25, -0.2) is 22.7 Å². The zero-order valence-corrected chi connectivity index (χ0v) is 33.7. The Labute approximate surface area is 332 Å². The highest BCUT2D eigenvalue weighted by Crippen LogP contribution is 2.46. The van der Waals surface area contributed by atoms with Crippen LogP contribution in [0.4, 0.5) is 9.59 Å². The Balaban J connectivity index is 1.26. The number of nitrogens with zero attached hydrogens (tertiary/aromatic N) is 2. The summed E-state index contributed by atoms with van der Waals surface area (Å²) in [6, 6.07) is 8.99. The molecule has 56 heavy (non-hydrogen) atoms. The van der Waals surface area contributed by atoms with Gasteiger partial charge in [-0.3, -0.25) is 19.3 Å². The molecule has 14 nitrogen and oxygen atoms in total. The molecule has 302 valence electrons. The maximum absolute atomic E-state index is 14.4. The zero-order valence-electron chi connectivity index (χ0n) is 32.1. The summed E-state index contributed by atoms with van der Waals surface area (Å²) in [5.41, 5.74) is 0.774. The maximum atomic E-state index is 14.4. The first kappa shape index (κ1) is 41.0. The fourth-order valence-corrected chi connectivity index (χ4v) is 8.83. The Hall–Kier alpha value is -4.63. The molecule has 6 rings (SSSR count). The standard InChI is InChI=1S/C40H50ClN5O9S/c1-5-25-12-11-13-26-22-45(24-31(25)26)38(51)54-29-20-33-34(47)43-40(36(49)44-56(52,53)30-18-16-28(41)17-19-30)21-27(40)14-9-7-6-8-10-15-32(35(48)46(33)23-29)42-37(50)55-39(2,3)4/h9,11-14,16-19,27,29,32-33H,5-8,10,15,20-24H2,1-4H3,(H,42,50)(H,43,47)(H,44,49)/b14-9-/t27-,29-,32+,33+,40-/m1/s1. The van der Waals surface area contributed by atoms with Crippen molar-refractivity contribution in [1.29, 1.82) is 0 Å². The molecule has 3 N–H and O–H groups in total. The lowest BCUT2D eigenvalue weighted by molar-refractivity contribution is -0.141. The van der Waals surface area contributed by atoms with Crippen LogP contribution in [0.5, 0.6) is 0 Å². The Morgan fingerprint density at radius 1 is 1.04 bits per heavy atom. The molecule has 2 aromatic rings. The predicted octanol–water partition coefficient (Wildman–Crippen LogP) is 5.12. The van der Waals surface area contributed by atoms with Crippen molar-refractivity contribution in [2.75, 3.05) is 6.54 Å². The first-order valence-electron chi connectivity index (χ1n) is 19.2. The number of halogens is 1. The summed E-state index contributed by atoms with van der Waals surface area (Å²) in [4.78, 5) is 72.0. The molecule has 0 radical (unpaired) electrons. The number of rotatable bonds is 6. The molecule has 1 saturated heterocycles. The molecule has 0 aromatic heterocycles. The third kappa shape index (κ3) is 9.31. The van der Waals surface area contributed by atoms with E-state index in [0.29, 0.717) is 31.0 Å². The predicted molar refractivity (Wildman–Crippen MR) is 207 cm³/mol. The van der Waals surface area contributed by atoms with E-state index in [1.807, 2.05) is 24.3 Å². The van der Waals surface area contributed by atoms with E-state index in [0.717, 1.165) is 36.0 Å². The molecule has 16 heteroatoms. The number of carbonyl (C=O) groups is 5. The highest BCUT2D eigenvalue weighted by molar-refractivity contribution is 7.90. The van der Waals surface area contributed by atoms with Crippen molar-refractivity contribution in [2.24, 2.45) is 5.92 Å². The fraction of sp³-hybridized carbons (Fsp3) is 0.525. The van der Waals surface area contributed by atoms with E-state index in [2.05, 4.69) is 22.3 Å². The van der Waals surface area contributed by atoms with Crippen molar-refractivity contribution in [3.63, 3.8) is 0 Å². The Morgan fingerprint density at radius 3 is 2.50 bits per heavy atom. The SMILES string of the molecule is CCc1cccc2c1CN(C(=O)O[C@@H]1C[C@H]3C(=O)N[C@]4(C(=O)NS(=O)(=O)c5ccc(Cl)cc5)C[C@H]4/C=C\CCCCC[C@H](NC(=O)OC(C)(C)C)C(=O)N3C1)C2. The number of nitrogens with one attached hydrogen (secondary N) is 3. The number of benzene rings is 2. The van der Waals surface area contributed by atoms with Crippen molar-refractivity contribution < 1.29 is 41.9 Å². The normalized spacial score (nSPS) is 26.0. The number of hydrogen-bond acceptors (Lipinski definition) is 9. The van der Waals surface area contributed by atoms with E-state index in [4.69, 9.17) is 21.1 Å². The second kappa shape index (κ2) is 16.5. The molecule has 4 aliphatic rings. The number of amides is 5. The smallest absolute Gasteiger partial charge is 0.410 e. The van der Waals surface area contributed by atoms with Gasteiger partial charge in [0.15, 0.2) is 0 Å². The summed E-state index contributed by atoms with van der Waals surface area (Å²) < 4.78 is 40.1. The van der Waals surface area contributed by atoms with Gasteiger partial charge >= 0.3 is 12.2 Å². The quantitative estimate of drug-likeness (QED) is 0.334. The molecule has 3 heterocycles. The van der Waals surface area contributed by atoms with Gasteiger partial charge in [0.25, 0.3) is 15.9 Å². The van der Waals surface area contributed by atoms with E-state index >= 15 is 0 Å². The van der Waals surface area contributed by atoms with Crippen molar-refractivity contribution in [2.45, 2.75) is 126 Å². The van der Waals surface area contributed by atoms with Crippen LogP contribution in [0.15, 0.2) is 59.5 Å². The van der Waals surface area contributed by atoms with Crippen molar-refractivity contribution in [1.82, 2.24) is 25.2 Å². The number of sulfonamides is 1. The van der Waals surface area contributed by atoms with Gasteiger partial charge < -0.3 is 25.0 Å². The maximum Gasteiger partial charge on any atom is 0.410 e. The molecule has 1 aliphatic carbocycles. The van der Waals surface area contributed by atoms with Crippen LogP contribution < -0.4 is 15.4 Å². The minimum atomic E-state index is -4.35. The number of ether oxygens (including phenoxy) is 2. The van der Waals surface area contributed by atoms with E-state index in [1.165, 1.54) is 29.2 Å². The highest BCUT2D eigenvalue weighted by Gasteiger charge is 2.61. The second-order valence-corrected chi connectivity index (χ2v) is 18.1. The van der Waals surface area contributed by atoms with E-state index in [9.17, 15) is 32.4 Å². The highest BCUT2D eigenvalue weighted by atomic mass is 35.5. The lowest BCUT2D eigenvalue weighted by Gasteiger charge is -2.30. The minimum Gasteiger partial charge on any atom is -0.444 e. The minimum absolute atomic E-state index is 0.0925. The van der Waals surface area contributed by atoms with E-state index in [-0.39, 0.29) is 30.7 Å². The van der Waals surface area contributed by atoms with E-state index < -0.39 is 75.2 Å². The van der Waals surface area contributed by atoms with Gasteiger partial charge in [0.2, 0.25) is 11.8 Å². The molecule has 5 atom stereocenters. The zero-order chi connectivity index (χ0) is 40.4. The molecule has 0 spiro atoms. The summed E-state index contributed by atoms with van der Waals surface area (Å²) in [5, 5.41) is 5.82. The van der Waals surface area contributed by atoms with Gasteiger partial charge in [-0.15, -0.1) is 0 Å². The lowest BCUT2D eigenvalue weighted by atomic mass is 10.0. The number of carbonyl (C=O) groups excluding carboxylic acids is 5. The molecule has 1 saturated carbocycles. The van der Waals surface area contributed by atoms with Crippen LogP contribution in [0.25, 0.3) is 0 Å². The number of alkyl carbamates (subject to hydrolysis) is 1. The van der Waals surface area contributed by atoms with Crippen LogP contribution in [0.3, 0.4) is 0 Å². The average Bonchev–Trinajstić information content (AvgIpc) is 3.42. The van der Waals surface area contributed by atoms with Crippen LogP contribution >= 0.6 is 11.6 Å². The Bertz CT molecular complexity index is 2000. The molecular weight excluding hydrogens is 762 g/mol. The molecule has 5 amide bonds. The van der Waals surface area contributed by atoms with Gasteiger partial charge in [-0.05, 0) is 93.8 Å². The van der Waals surface area contributed by atoms with Gasteiger partial charge in [0.05, 0.1) is 11.4 Å². The third-order valence-electron chi connectivity index (χ3n) is 10.7. The largest absolute Gasteiger partial charge is 0.444 e. The van der Waals surface area contributed by atoms with Gasteiger partial charge in [-0.2, -0.15) is 0 Å². The molecule has 0 unspecified atom stereocenters. The number of allylic oxidation sites excluding steroid dienone is 1. The number of aryl methyl sites for hydroxylation is 1. The monoisotopic (exact) mass is 811 g/mol. The molecular formula is C40H50ClN5O9S. The number of fused-ring (bicyclic) bond motifs is 3. The Kier molecular flexibility index (Phi) is 12.1. The second-order valence-electron chi connectivity index (χ2n) is 15.9. The summed E-state index contributed by atoms with van der Waals surface area (Å²) in [6.45, 7) is 7.74. The number of hydrogen-bond donors (Lipinski definition) is 3. The van der Waals surface area contributed by atoms with Crippen molar-refractivity contribution in [3.05, 3.63) is 76.3 Å². The van der Waals surface area contributed by atoms with Crippen LogP contribution in [0.2, 0.25) is 5.02 Å². The van der Waals surface area contributed by atoms with Crippen molar-refractivity contribution >= 4 is 51.5 Å². The topological polar surface area (TPSA) is 181 Å². The van der Waals surface area contributed by atoms with Crippen LogP contribution in [0.1, 0.15) is 89.3 Å². The molecule has 0 bridgehead atoms. The first-order chi connectivity index (χ1) is 26.5. The summed E-state index contributed by atoms with van der Waals surface area (Å²) >= 11 is 5.95. The lowest BCUT2D eigenvalue weighted by Crippen LogP contribution is -2.58. The van der Waals surface area contributed by atoms with Crippen LogP contribution in [0, 0.1) is 5.92 Å². The average molecular weight is 812 g/mol. The van der Waals surface area contributed by atoms with Crippen molar-refractivity contribution in [3.8, 4) is 0 Å². The van der Waals surface area contributed by atoms with Gasteiger partial charge in [0, 0.05) is 30.5 Å². The molecule has 2 aromatic carbocycles. The summed E-state index contributed by atoms with van der Waals surface area (Å²) in [6.07, 6.45) is 5.22. The summed E-state index contributed by atoms with van der Waals surface area (Å²) in [5.74, 6) is -2.75. The van der Waals surface area contributed by atoms with Crippen LogP contribution in [-0.4, -0.2) is 84.0 Å². The molecule has 3 aliphatic heterocycles. The Morgan fingerprint density at radius 2 is 1.79 bits per heavy atom.